The molecule has 16 heavy (non-hydrogen) atoms. The molecule has 0 unspecified atom stereocenters. The summed E-state index contributed by atoms with van der Waals surface area (Å²) in [7, 11) is 0. The van der Waals surface area contributed by atoms with E-state index in [1.54, 1.807) is 22.9 Å². The van der Waals surface area contributed by atoms with Crippen molar-refractivity contribution in [3.8, 4) is 5.75 Å². The van der Waals surface area contributed by atoms with Crippen molar-refractivity contribution in [2.45, 2.75) is 26.8 Å². The Morgan fingerprint density at radius 3 is 2.88 bits per heavy atom. The molecule has 0 aliphatic rings. The molecule has 1 N–H and O–H groups in total. The third-order valence-electron chi connectivity index (χ3n) is 2.11. The summed E-state index contributed by atoms with van der Waals surface area (Å²) >= 11 is 0. The van der Waals surface area contributed by atoms with Gasteiger partial charge in [0.05, 0.1) is 6.61 Å². The van der Waals surface area contributed by atoms with Crippen molar-refractivity contribution in [2.75, 3.05) is 13.2 Å². The molecule has 0 amide bonds. The smallest absolute Gasteiger partial charge is 0.292 e. The number of aryl methyl sites for hydroxylation is 1. The number of aliphatic hydroxyl groups excluding tert-OH is 1. The van der Waals surface area contributed by atoms with Crippen LogP contribution in [0.1, 0.15) is 20.3 Å². The molecule has 1 aromatic heterocycles. The number of hydrogen-bond donors (Lipinski definition) is 1. The zero-order valence-electron chi connectivity index (χ0n) is 9.85. The summed E-state index contributed by atoms with van der Waals surface area (Å²) in [5.41, 5.74) is -0.128. The van der Waals surface area contributed by atoms with Gasteiger partial charge in [-0.1, -0.05) is 13.8 Å². The van der Waals surface area contributed by atoms with Crippen LogP contribution in [0.15, 0.2) is 23.1 Å². The molecule has 0 saturated carbocycles. The third-order valence-corrected chi connectivity index (χ3v) is 2.11. The van der Waals surface area contributed by atoms with Crippen LogP contribution in [0.3, 0.4) is 0 Å². The molecule has 0 fully saturated rings. The van der Waals surface area contributed by atoms with E-state index in [-0.39, 0.29) is 12.2 Å². The molecule has 1 aromatic rings. The predicted molar refractivity (Wildman–Crippen MR) is 62.7 cm³/mol. The highest BCUT2D eigenvalue weighted by Crippen LogP contribution is 2.04. The molecule has 0 bridgehead atoms. The van der Waals surface area contributed by atoms with Crippen molar-refractivity contribution in [2.24, 2.45) is 5.92 Å². The maximum atomic E-state index is 11.8. The van der Waals surface area contributed by atoms with E-state index < -0.39 is 0 Å². The summed E-state index contributed by atoms with van der Waals surface area (Å²) in [6.07, 6.45) is 2.29. The van der Waals surface area contributed by atoms with Gasteiger partial charge in [-0.3, -0.25) is 4.79 Å². The highest BCUT2D eigenvalue weighted by atomic mass is 16.5. The van der Waals surface area contributed by atoms with Crippen LogP contribution in [-0.4, -0.2) is 22.9 Å². The van der Waals surface area contributed by atoms with Crippen LogP contribution in [-0.2, 0) is 6.54 Å². The SMILES string of the molecule is CC(C)COc1cccn(CCCO)c1=O. The van der Waals surface area contributed by atoms with Crippen LogP contribution in [0.25, 0.3) is 0 Å². The number of aromatic nitrogens is 1. The highest BCUT2D eigenvalue weighted by molar-refractivity contribution is 5.17. The van der Waals surface area contributed by atoms with Gasteiger partial charge >= 0.3 is 0 Å². The highest BCUT2D eigenvalue weighted by Gasteiger charge is 2.04. The van der Waals surface area contributed by atoms with E-state index in [0.29, 0.717) is 31.2 Å². The number of hydrogen-bond acceptors (Lipinski definition) is 3. The topological polar surface area (TPSA) is 51.5 Å². The Morgan fingerprint density at radius 1 is 1.50 bits per heavy atom. The van der Waals surface area contributed by atoms with Crippen LogP contribution in [0.4, 0.5) is 0 Å². The molecule has 1 rings (SSSR count). The van der Waals surface area contributed by atoms with Gasteiger partial charge in [0.2, 0.25) is 0 Å². The first-order valence-corrected chi connectivity index (χ1v) is 5.58. The third kappa shape index (κ3) is 3.70. The van der Waals surface area contributed by atoms with E-state index in [4.69, 9.17) is 9.84 Å². The van der Waals surface area contributed by atoms with E-state index >= 15 is 0 Å². The predicted octanol–water partition coefficient (Wildman–Crippen LogP) is 1.27. The fraction of sp³-hybridized carbons (Fsp3) is 0.583. The second-order valence-electron chi connectivity index (χ2n) is 4.15. The monoisotopic (exact) mass is 225 g/mol. The van der Waals surface area contributed by atoms with Crippen LogP contribution in [0.2, 0.25) is 0 Å². The molecular weight excluding hydrogens is 206 g/mol. The fourth-order valence-corrected chi connectivity index (χ4v) is 1.30. The summed E-state index contributed by atoms with van der Waals surface area (Å²) in [4.78, 5) is 11.8. The average molecular weight is 225 g/mol. The summed E-state index contributed by atoms with van der Waals surface area (Å²) in [5.74, 6) is 0.777. The Balaban J connectivity index is 2.74. The first-order valence-electron chi connectivity index (χ1n) is 5.58. The van der Waals surface area contributed by atoms with Gasteiger partial charge < -0.3 is 14.4 Å². The zero-order valence-corrected chi connectivity index (χ0v) is 9.85. The van der Waals surface area contributed by atoms with Gasteiger partial charge in [0.15, 0.2) is 5.75 Å². The van der Waals surface area contributed by atoms with Crippen LogP contribution >= 0.6 is 0 Å². The van der Waals surface area contributed by atoms with E-state index in [9.17, 15) is 4.79 Å². The standard InChI is InChI=1S/C12H19NO3/c1-10(2)9-16-11-5-3-6-13(12(11)15)7-4-8-14/h3,5-6,10,14H,4,7-9H2,1-2H3. The second-order valence-corrected chi connectivity index (χ2v) is 4.15. The summed E-state index contributed by atoms with van der Waals surface area (Å²) in [6, 6.07) is 3.47. The van der Waals surface area contributed by atoms with Gasteiger partial charge in [-0.25, -0.2) is 0 Å². The molecule has 0 saturated heterocycles. The quantitative estimate of drug-likeness (QED) is 0.793. The Bertz CT molecular complexity index is 371. The first-order chi connectivity index (χ1) is 7.65. The van der Waals surface area contributed by atoms with Gasteiger partial charge in [-0.15, -0.1) is 0 Å². The van der Waals surface area contributed by atoms with Crippen molar-refractivity contribution in [3.63, 3.8) is 0 Å². The lowest BCUT2D eigenvalue weighted by Crippen LogP contribution is -2.22. The van der Waals surface area contributed by atoms with Gasteiger partial charge in [0, 0.05) is 19.3 Å². The number of aliphatic hydroxyl groups is 1. The number of nitrogens with zero attached hydrogens (tertiary/aromatic N) is 1. The minimum Gasteiger partial charge on any atom is -0.488 e. The first kappa shape index (κ1) is 12.8. The number of ether oxygens (including phenoxy) is 1. The van der Waals surface area contributed by atoms with Crippen LogP contribution in [0, 0.1) is 5.92 Å². The van der Waals surface area contributed by atoms with E-state index in [1.165, 1.54) is 0 Å². The lowest BCUT2D eigenvalue weighted by Gasteiger charge is -2.10. The molecule has 0 aromatic carbocycles. The normalized spacial score (nSPS) is 10.8. The molecule has 4 nitrogen and oxygen atoms in total. The van der Waals surface area contributed by atoms with Crippen LogP contribution in [0.5, 0.6) is 5.75 Å². The van der Waals surface area contributed by atoms with Crippen molar-refractivity contribution in [1.82, 2.24) is 4.57 Å². The van der Waals surface area contributed by atoms with Gasteiger partial charge in [0.25, 0.3) is 5.56 Å². The second kappa shape index (κ2) is 6.33. The molecule has 1 heterocycles. The van der Waals surface area contributed by atoms with Gasteiger partial charge in [-0.2, -0.15) is 0 Å². The van der Waals surface area contributed by atoms with E-state index in [2.05, 4.69) is 0 Å². The number of pyridine rings is 1. The molecule has 0 aliphatic heterocycles. The minimum absolute atomic E-state index is 0.0868. The average Bonchev–Trinajstić information content (AvgIpc) is 2.26. The zero-order chi connectivity index (χ0) is 12.0. The summed E-state index contributed by atoms with van der Waals surface area (Å²) < 4.78 is 6.98. The lowest BCUT2D eigenvalue weighted by atomic mass is 10.2. The van der Waals surface area contributed by atoms with E-state index in [0.717, 1.165) is 0 Å². The summed E-state index contributed by atoms with van der Waals surface area (Å²) in [6.45, 7) is 5.22. The van der Waals surface area contributed by atoms with Gasteiger partial charge in [0.1, 0.15) is 0 Å². The van der Waals surface area contributed by atoms with Crippen molar-refractivity contribution < 1.29 is 9.84 Å². The molecule has 90 valence electrons. The van der Waals surface area contributed by atoms with Crippen molar-refractivity contribution in [3.05, 3.63) is 28.7 Å². The Labute approximate surface area is 95.5 Å². The molecular formula is C12H19NO3. The Kier molecular flexibility index (Phi) is 5.05. The number of rotatable bonds is 6. The van der Waals surface area contributed by atoms with Gasteiger partial charge in [-0.05, 0) is 24.5 Å². The Hall–Kier alpha value is -1.29. The minimum atomic E-state index is -0.128. The largest absolute Gasteiger partial charge is 0.488 e. The van der Waals surface area contributed by atoms with Crippen molar-refractivity contribution >= 4 is 0 Å². The molecule has 0 aliphatic carbocycles. The Morgan fingerprint density at radius 2 is 2.25 bits per heavy atom. The maximum Gasteiger partial charge on any atom is 0.292 e. The van der Waals surface area contributed by atoms with Crippen molar-refractivity contribution in [1.29, 1.82) is 0 Å². The van der Waals surface area contributed by atoms with Crippen LogP contribution < -0.4 is 10.3 Å². The van der Waals surface area contributed by atoms with E-state index in [1.807, 2.05) is 13.8 Å². The fourth-order valence-electron chi connectivity index (χ4n) is 1.30. The molecule has 0 spiro atoms. The molecule has 4 heteroatoms. The lowest BCUT2D eigenvalue weighted by molar-refractivity contribution is 0.262. The molecule has 0 radical (unpaired) electrons. The maximum absolute atomic E-state index is 11.8. The summed E-state index contributed by atoms with van der Waals surface area (Å²) in [5, 5.41) is 8.72. The molecule has 0 atom stereocenters.